The molecule has 0 aliphatic heterocycles. The van der Waals surface area contributed by atoms with Crippen molar-refractivity contribution in [2.24, 2.45) is 5.10 Å². The van der Waals surface area contributed by atoms with Gasteiger partial charge in [-0.3, -0.25) is 14.4 Å². The van der Waals surface area contributed by atoms with Crippen molar-refractivity contribution in [1.82, 2.24) is 5.43 Å². The minimum Gasteiger partial charge on any atom is -0.326 e. The van der Waals surface area contributed by atoms with Crippen LogP contribution in [0.4, 0.5) is 11.4 Å². The maximum atomic E-state index is 12.1. The second-order valence-electron chi connectivity index (χ2n) is 6.04. The fourth-order valence-electron chi connectivity index (χ4n) is 2.22. The fourth-order valence-corrected chi connectivity index (χ4v) is 2.92. The lowest BCUT2D eigenvalue weighted by molar-refractivity contribution is -0.136. The molecule has 29 heavy (non-hydrogen) atoms. The Bertz CT molecular complexity index is 972. The molecule has 0 bridgehead atoms. The van der Waals surface area contributed by atoms with Gasteiger partial charge in [0.2, 0.25) is 5.91 Å². The number of rotatable bonds is 5. The number of benzene rings is 2. The van der Waals surface area contributed by atoms with Gasteiger partial charge in [-0.2, -0.15) is 5.10 Å². The first-order valence-corrected chi connectivity index (χ1v) is 9.44. The Morgan fingerprint density at radius 2 is 1.62 bits per heavy atom. The van der Waals surface area contributed by atoms with E-state index >= 15 is 0 Å². The van der Waals surface area contributed by atoms with Gasteiger partial charge in [-0.25, -0.2) is 5.43 Å². The van der Waals surface area contributed by atoms with Crippen molar-refractivity contribution in [3.63, 3.8) is 0 Å². The zero-order valence-corrected chi connectivity index (χ0v) is 17.7. The van der Waals surface area contributed by atoms with Crippen LogP contribution in [0.5, 0.6) is 0 Å². The summed E-state index contributed by atoms with van der Waals surface area (Å²) in [7, 11) is 0. The van der Waals surface area contributed by atoms with Crippen LogP contribution in [0.15, 0.2) is 41.5 Å². The third-order valence-corrected chi connectivity index (χ3v) is 4.48. The van der Waals surface area contributed by atoms with Gasteiger partial charge >= 0.3 is 11.8 Å². The van der Waals surface area contributed by atoms with E-state index in [4.69, 9.17) is 34.8 Å². The van der Waals surface area contributed by atoms with Crippen molar-refractivity contribution in [3.05, 3.63) is 57.0 Å². The number of halogens is 3. The van der Waals surface area contributed by atoms with Gasteiger partial charge in [0.1, 0.15) is 0 Å². The molecule has 10 heteroatoms. The van der Waals surface area contributed by atoms with Crippen molar-refractivity contribution in [2.75, 3.05) is 10.6 Å². The summed E-state index contributed by atoms with van der Waals surface area (Å²) in [5.74, 6) is -2.28. The van der Waals surface area contributed by atoms with Gasteiger partial charge in [-0.1, -0.05) is 40.9 Å². The van der Waals surface area contributed by atoms with Crippen LogP contribution in [-0.2, 0) is 14.4 Å². The van der Waals surface area contributed by atoms with Crippen molar-refractivity contribution in [3.8, 4) is 0 Å². The van der Waals surface area contributed by atoms with Crippen LogP contribution in [-0.4, -0.2) is 23.4 Å². The number of nitrogens with one attached hydrogen (secondary N) is 3. The molecule has 3 N–H and O–H groups in total. The van der Waals surface area contributed by atoms with E-state index in [0.717, 1.165) is 0 Å². The molecule has 0 heterocycles. The Morgan fingerprint density at radius 3 is 2.28 bits per heavy atom. The summed E-state index contributed by atoms with van der Waals surface area (Å²) < 4.78 is 0. The van der Waals surface area contributed by atoms with Crippen LogP contribution in [0.3, 0.4) is 0 Å². The summed E-state index contributed by atoms with van der Waals surface area (Å²) in [4.78, 5) is 35.9. The molecule has 0 spiro atoms. The molecule has 0 saturated carbocycles. The molecule has 0 aliphatic carbocycles. The fraction of sp³-hybridized carbons (Fsp3) is 0.158. The van der Waals surface area contributed by atoms with E-state index in [9.17, 15) is 14.4 Å². The van der Waals surface area contributed by atoms with E-state index in [-0.39, 0.29) is 12.1 Å². The first-order chi connectivity index (χ1) is 13.7. The summed E-state index contributed by atoms with van der Waals surface area (Å²) in [5.41, 5.74) is 3.87. The van der Waals surface area contributed by atoms with Gasteiger partial charge in [0, 0.05) is 32.2 Å². The number of anilines is 2. The normalized spacial score (nSPS) is 11.0. The molecule has 3 amide bonds. The average Bonchev–Trinajstić information content (AvgIpc) is 2.62. The minimum absolute atomic E-state index is 0.112. The highest BCUT2D eigenvalue weighted by atomic mass is 35.5. The molecule has 152 valence electrons. The molecule has 0 radical (unpaired) electrons. The number of amides is 3. The molecule has 2 rings (SSSR count). The Hall–Kier alpha value is -2.61. The molecular formula is C19H17Cl3N4O3. The molecule has 7 nitrogen and oxygen atoms in total. The quantitative estimate of drug-likeness (QED) is 0.353. The Morgan fingerprint density at radius 1 is 0.966 bits per heavy atom. The van der Waals surface area contributed by atoms with Crippen LogP contribution in [0.2, 0.25) is 15.1 Å². The monoisotopic (exact) mass is 454 g/mol. The largest absolute Gasteiger partial charge is 0.329 e. The smallest absolute Gasteiger partial charge is 0.326 e. The zero-order valence-electron chi connectivity index (χ0n) is 15.5. The standard InChI is InChI=1S/C19H17Cl3N4O3/c1-10(6-17(27)23-14-8-12(20)7-13(21)9-14)25-26-19(29)18(28)24-16-5-3-4-15(22)11(16)2/h3-5,7-9H,6H2,1-2H3,(H,23,27)(H,24,28)(H,26,29)/b25-10+. The predicted molar refractivity (Wildman–Crippen MR) is 116 cm³/mol. The highest BCUT2D eigenvalue weighted by Gasteiger charge is 2.15. The van der Waals surface area contributed by atoms with E-state index in [1.807, 2.05) is 0 Å². The van der Waals surface area contributed by atoms with E-state index in [1.165, 1.54) is 13.0 Å². The van der Waals surface area contributed by atoms with Gasteiger partial charge in [-0.05, 0) is 49.7 Å². The number of hydrogen-bond acceptors (Lipinski definition) is 4. The molecule has 0 fully saturated rings. The van der Waals surface area contributed by atoms with Gasteiger partial charge in [0.15, 0.2) is 0 Å². The van der Waals surface area contributed by atoms with Crippen LogP contribution in [0.1, 0.15) is 18.9 Å². The maximum Gasteiger partial charge on any atom is 0.329 e. The van der Waals surface area contributed by atoms with Crippen molar-refractivity contribution >= 4 is 69.6 Å². The lowest BCUT2D eigenvalue weighted by atomic mass is 10.2. The van der Waals surface area contributed by atoms with Gasteiger partial charge in [-0.15, -0.1) is 0 Å². The molecular weight excluding hydrogens is 439 g/mol. The number of hydrogen-bond donors (Lipinski definition) is 3. The molecule has 0 aliphatic rings. The first kappa shape index (κ1) is 22.7. The van der Waals surface area contributed by atoms with Crippen molar-refractivity contribution in [2.45, 2.75) is 20.3 Å². The average molecular weight is 456 g/mol. The summed E-state index contributed by atoms with van der Waals surface area (Å²) in [5, 5.41) is 10.1. The van der Waals surface area contributed by atoms with Crippen molar-refractivity contribution < 1.29 is 14.4 Å². The molecule has 0 aromatic heterocycles. The van der Waals surface area contributed by atoms with E-state index in [1.54, 1.807) is 37.3 Å². The lowest BCUT2D eigenvalue weighted by Gasteiger charge is -2.09. The highest BCUT2D eigenvalue weighted by molar-refractivity contribution is 6.40. The summed E-state index contributed by atoms with van der Waals surface area (Å²) in [6, 6.07) is 9.56. The molecule has 0 unspecified atom stereocenters. The summed E-state index contributed by atoms with van der Waals surface area (Å²) >= 11 is 17.7. The van der Waals surface area contributed by atoms with E-state index in [0.29, 0.717) is 32.0 Å². The van der Waals surface area contributed by atoms with Crippen LogP contribution in [0.25, 0.3) is 0 Å². The number of hydrazone groups is 1. The van der Waals surface area contributed by atoms with Crippen LogP contribution in [0, 0.1) is 6.92 Å². The third-order valence-electron chi connectivity index (χ3n) is 3.63. The number of carbonyl (C=O) groups is 3. The molecule has 0 saturated heterocycles. The first-order valence-electron chi connectivity index (χ1n) is 8.31. The van der Waals surface area contributed by atoms with Gasteiger partial charge in [0.05, 0.1) is 6.42 Å². The van der Waals surface area contributed by atoms with Gasteiger partial charge < -0.3 is 10.6 Å². The number of nitrogens with zero attached hydrogens (tertiary/aromatic N) is 1. The van der Waals surface area contributed by atoms with E-state index in [2.05, 4.69) is 21.2 Å². The minimum atomic E-state index is -0.981. The second kappa shape index (κ2) is 10.2. The lowest BCUT2D eigenvalue weighted by Crippen LogP contribution is -2.33. The summed E-state index contributed by atoms with van der Waals surface area (Å²) in [6.45, 7) is 3.24. The molecule has 0 atom stereocenters. The van der Waals surface area contributed by atoms with E-state index < -0.39 is 17.7 Å². The molecule has 2 aromatic carbocycles. The van der Waals surface area contributed by atoms with Crippen LogP contribution < -0.4 is 16.1 Å². The maximum absolute atomic E-state index is 12.1. The zero-order chi connectivity index (χ0) is 21.6. The third kappa shape index (κ3) is 7.05. The number of carbonyl (C=O) groups excluding carboxylic acids is 3. The van der Waals surface area contributed by atoms with Crippen LogP contribution >= 0.6 is 34.8 Å². The Labute approximate surface area is 182 Å². The van der Waals surface area contributed by atoms with Crippen molar-refractivity contribution in [1.29, 1.82) is 0 Å². The SMILES string of the molecule is C/C(CC(=O)Nc1cc(Cl)cc(Cl)c1)=N\NC(=O)C(=O)Nc1cccc(Cl)c1C. The summed E-state index contributed by atoms with van der Waals surface area (Å²) in [6.07, 6.45) is -0.112. The Kier molecular flexibility index (Phi) is 8.01. The van der Waals surface area contributed by atoms with Gasteiger partial charge in [0.25, 0.3) is 0 Å². The topological polar surface area (TPSA) is 99.7 Å². The molecule has 2 aromatic rings. The Balaban J connectivity index is 1.89. The predicted octanol–water partition coefficient (Wildman–Crippen LogP) is 4.41. The second-order valence-corrected chi connectivity index (χ2v) is 7.32. The highest BCUT2D eigenvalue weighted by Crippen LogP contribution is 2.23.